The molecule has 10 heavy (non-hydrogen) atoms. The van der Waals surface area contributed by atoms with Gasteiger partial charge in [0.2, 0.25) is 6.29 Å². The van der Waals surface area contributed by atoms with Crippen LogP contribution in [0.3, 0.4) is 0 Å². The van der Waals surface area contributed by atoms with E-state index in [0.29, 0.717) is 0 Å². The third-order valence-corrected chi connectivity index (χ3v) is 1.47. The predicted octanol–water partition coefficient (Wildman–Crippen LogP) is 0.908. The maximum atomic E-state index is 5.23. The van der Waals surface area contributed by atoms with Gasteiger partial charge in [0.15, 0.2) is 0 Å². The first-order chi connectivity index (χ1) is 4.77. The quantitative estimate of drug-likeness (QED) is 0.576. The lowest BCUT2D eigenvalue weighted by Gasteiger charge is -2.15. The van der Waals surface area contributed by atoms with Crippen molar-refractivity contribution < 1.29 is 14.2 Å². The van der Waals surface area contributed by atoms with Crippen LogP contribution in [0.5, 0.6) is 0 Å². The molecule has 1 rings (SSSR count). The van der Waals surface area contributed by atoms with Gasteiger partial charge in [-0.05, 0) is 13.0 Å². The Morgan fingerprint density at radius 3 is 2.50 bits per heavy atom. The number of hydrogen-bond donors (Lipinski definition) is 0. The molecule has 0 aliphatic carbocycles. The first-order valence-corrected chi connectivity index (χ1v) is 3.18. The molecule has 0 saturated carbocycles. The fourth-order valence-corrected chi connectivity index (χ4v) is 0.961. The standard InChI is InChI=1S/C7H12O3/c1-5-4-6(8-2)7(9-3)10-5/h4,6-7H,1-3H3. The minimum Gasteiger partial charge on any atom is -0.467 e. The Balaban J connectivity index is 2.52. The lowest BCUT2D eigenvalue weighted by Crippen LogP contribution is -2.25. The summed E-state index contributed by atoms with van der Waals surface area (Å²) < 4.78 is 15.3. The molecule has 0 fully saturated rings. The molecular weight excluding hydrogens is 132 g/mol. The zero-order chi connectivity index (χ0) is 7.56. The van der Waals surface area contributed by atoms with Gasteiger partial charge < -0.3 is 14.2 Å². The SMILES string of the molecule is COC1C=C(C)OC1OC. The van der Waals surface area contributed by atoms with Crippen LogP contribution in [0, 0.1) is 0 Å². The van der Waals surface area contributed by atoms with Gasteiger partial charge in [0, 0.05) is 14.2 Å². The van der Waals surface area contributed by atoms with Crippen molar-refractivity contribution in [2.45, 2.75) is 19.3 Å². The van der Waals surface area contributed by atoms with Crippen LogP contribution in [0.25, 0.3) is 0 Å². The first kappa shape index (κ1) is 7.57. The zero-order valence-corrected chi connectivity index (χ0v) is 6.46. The highest BCUT2D eigenvalue weighted by Gasteiger charge is 2.26. The van der Waals surface area contributed by atoms with Crippen LogP contribution >= 0.6 is 0 Å². The van der Waals surface area contributed by atoms with Gasteiger partial charge in [0.25, 0.3) is 0 Å². The zero-order valence-electron chi connectivity index (χ0n) is 6.46. The third kappa shape index (κ3) is 1.30. The van der Waals surface area contributed by atoms with E-state index < -0.39 is 0 Å². The van der Waals surface area contributed by atoms with Crippen LogP contribution in [0.2, 0.25) is 0 Å². The summed E-state index contributed by atoms with van der Waals surface area (Å²) in [5.41, 5.74) is 0. The molecule has 0 aromatic heterocycles. The molecule has 1 aliphatic heterocycles. The van der Waals surface area contributed by atoms with Crippen molar-refractivity contribution in [1.29, 1.82) is 0 Å². The number of methoxy groups -OCH3 is 2. The van der Waals surface area contributed by atoms with Gasteiger partial charge in [-0.2, -0.15) is 0 Å². The largest absolute Gasteiger partial charge is 0.467 e. The Morgan fingerprint density at radius 1 is 1.40 bits per heavy atom. The van der Waals surface area contributed by atoms with Gasteiger partial charge in [-0.15, -0.1) is 0 Å². The lowest BCUT2D eigenvalue weighted by molar-refractivity contribution is -0.133. The summed E-state index contributed by atoms with van der Waals surface area (Å²) in [5, 5.41) is 0. The molecule has 0 amide bonds. The average Bonchev–Trinajstić information content (AvgIpc) is 2.30. The minimum absolute atomic E-state index is 0.0509. The Bertz CT molecular complexity index is 142. The molecule has 3 heteroatoms. The van der Waals surface area contributed by atoms with E-state index in [9.17, 15) is 0 Å². The monoisotopic (exact) mass is 144 g/mol. The Kier molecular flexibility index (Phi) is 2.29. The van der Waals surface area contributed by atoms with Crippen LogP contribution < -0.4 is 0 Å². The molecular formula is C7H12O3. The summed E-state index contributed by atoms with van der Waals surface area (Å²) in [5.74, 6) is 0.860. The molecule has 0 bridgehead atoms. The molecule has 0 aromatic rings. The van der Waals surface area contributed by atoms with Crippen LogP contribution in [-0.4, -0.2) is 26.6 Å². The topological polar surface area (TPSA) is 27.7 Å². The van der Waals surface area contributed by atoms with Gasteiger partial charge in [-0.3, -0.25) is 0 Å². The molecule has 1 heterocycles. The number of rotatable bonds is 2. The highest BCUT2D eigenvalue weighted by Crippen LogP contribution is 2.19. The van der Waals surface area contributed by atoms with E-state index in [0.717, 1.165) is 5.76 Å². The summed E-state index contributed by atoms with van der Waals surface area (Å²) in [6.45, 7) is 1.88. The number of ether oxygens (including phenoxy) is 3. The number of hydrogen-bond acceptors (Lipinski definition) is 3. The van der Waals surface area contributed by atoms with Crippen molar-refractivity contribution in [2.24, 2.45) is 0 Å². The Hall–Kier alpha value is -0.540. The molecule has 0 aromatic carbocycles. The molecule has 0 spiro atoms. The van der Waals surface area contributed by atoms with Crippen molar-refractivity contribution >= 4 is 0 Å². The molecule has 0 saturated heterocycles. The van der Waals surface area contributed by atoms with Crippen LogP contribution in [0.4, 0.5) is 0 Å². The predicted molar refractivity (Wildman–Crippen MR) is 36.4 cm³/mol. The van der Waals surface area contributed by atoms with E-state index in [1.165, 1.54) is 0 Å². The summed E-state index contributed by atoms with van der Waals surface area (Å²) >= 11 is 0. The third-order valence-electron chi connectivity index (χ3n) is 1.47. The van der Waals surface area contributed by atoms with Crippen molar-refractivity contribution in [3.63, 3.8) is 0 Å². The highest BCUT2D eigenvalue weighted by atomic mass is 16.7. The lowest BCUT2D eigenvalue weighted by atomic mass is 10.3. The molecule has 0 radical (unpaired) electrons. The summed E-state index contributed by atoms with van der Waals surface area (Å²) in [6, 6.07) is 0. The van der Waals surface area contributed by atoms with E-state index in [1.807, 2.05) is 13.0 Å². The maximum absolute atomic E-state index is 5.23. The van der Waals surface area contributed by atoms with Gasteiger partial charge >= 0.3 is 0 Å². The fraction of sp³-hybridized carbons (Fsp3) is 0.714. The van der Waals surface area contributed by atoms with Crippen molar-refractivity contribution in [3.8, 4) is 0 Å². The second-order valence-electron chi connectivity index (χ2n) is 2.20. The van der Waals surface area contributed by atoms with Crippen molar-refractivity contribution in [1.82, 2.24) is 0 Å². The van der Waals surface area contributed by atoms with Crippen LogP contribution in [0.15, 0.2) is 11.8 Å². The van der Waals surface area contributed by atoms with E-state index in [4.69, 9.17) is 14.2 Å². The molecule has 2 atom stereocenters. The highest BCUT2D eigenvalue weighted by molar-refractivity contribution is 5.03. The fourth-order valence-electron chi connectivity index (χ4n) is 0.961. The van der Waals surface area contributed by atoms with Crippen molar-refractivity contribution in [3.05, 3.63) is 11.8 Å². The van der Waals surface area contributed by atoms with Gasteiger partial charge in [0.05, 0.1) is 5.76 Å². The molecule has 2 unspecified atom stereocenters. The number of allylic oxidation sites excluding steroid dienone is 1. The molecule has 1 aliphatic rings. The average molecular weight is 144 g/mol. The first-order valence-electron chi connectivity index (χ1n) is 3.18. The summed E-state index contributed by atoms with van der Waals surface area (Å²) in [6.07, 6.45) is 1.59. The maximum Gasteiger partial charge on any atom is 0.229 e. The van der Waals surface area contributed by atoms with Gasteiger partial charge in [-0.25, -0.2) is 0 Å². The smallest absolute Gasteiger partial charge is 0.229 e. The van der Waals surface area contributed by atoms with E-state index in [-0.39, 0.29) is 12.4 Å². The van der Waals surface area contributed by atoms with E-state index in [2.05, 4.69) is 0 Å². The second kappa shape index (κ2) is 3.03. The summed E-state index contributed by atoms with van der Waals surface area (Å²) in [7, 11) is 3.23. The van der Waals surface area contributed by atoms with E-state index >= 15 is 0 Å². The van der Waals surface area contributed by atoms with Gasteiger partial charge in [0.1, 0.15) is 6.10 Å². The minimum atomic E-state index is -0.259. The molecule has 58 valence electrons. The molecule has 0 N–H and O–H groups in total. The van der Waals surface area contributed by atoms with Crippen molar-refractivity contribution in [2.75, 3.05) is 14.2 Å². The molecule has 3 nitrogen and oxygen atoms in total. The Labute approximate surface area is 60.6 Å². The van der Waals surface area contributed by atoms with Crippen LogP contribution in [-0.2, 0) is 14.2 Å². The Morgan fingerprint density at radius 2 is 2.10 bits per heavy atom. The normalized spacial score (nSPS) is 31.7. The van der Waals surface area contributed by atoms with Crippen LogP contribution in [0.1, 0.15) is 6.92 Å². The van der Waals surface area contributed by atoms with Gasteiger partial charge in [-0.1, -0.05) is 0 Å². The second-order valence-corrected chi connectivity index (χ2v) is 2.20. The van der Waals surface area contributed by atoms with E-state index in [1.54, 1.807) is 14.2 Å². The summed E-state index contributed by atoms with van der Waals surface area (Å²) in [4.78, 5) is 0.